The molecule has 50 valence electrons. The molecule has 2 N–H and O–H groups in total. The molecule has 10 heavy (non-hydrogen) atoms. The van der Waals surface area contributed by atoms with Crippen molar-refractivity contribution >= 4 is 23.1 Å². The Kier molecular flexibility index (Phi) is 1.69. The van der Waals surface area contributed by atoms with Crippen molar-refractivity contribution in [3.05, 3.63) is 22.9 Å². The lowest BCUT2D eigenvalue weighted by atomic mass is 10.5. The normalized spacial score (nSPS) is 8.80. The van der Waals surface area contributed by atoms with Crippen LogP contribution in [0.25, 0.3) is 4.85 Å². The van der Waals surface area contributed by atoms with E-state index < -0.39 is 0 Å². The molecule has 0 aliphatic rings. The molecule has 0 fully saturated rings. The van der Waals surface area contributed by atoms with Crippen LogP contribution in [0.3, 0.4) is 0 Å². The van der Waals surface area contributed by atoms with Gasteiger partial charge in [0.2, 0.25) is 6.33 Å². The summed E-state index contributed by atoms with van der Waals surface area (Å²) in [5.41, 5.74) is 5.46. The van der Waals surface area contributed by atoms with Crippen molar-refractivity contribution in [2.24, 2.45) is 0 Å². The van der Waals surface area contributed by atoms with Gasteiger partial charge < -0.3 is 10.6 Å². The zero-order valence-corrected chi connectivity index (χ0v) is 5.63. The maximum atomic E-state index is 6.58. The molecule has 0 saturated heterocycles. The van der Waals surface area contributed by atoms with Crippen LogP contribution in [0, 0.1) is 6.57 Å². The molecule has 0 amide bonds. The summed E-state index contributed by atoms with van der Waals surface area (Å²) in [6.45, 7) is 6.58. The van der Waals surface area contributed by atoms with Crippen LogP contribution in [-0.2, 0) is 0 Å². The number of anilines is 1. The van der Waals surface area contributed by atoms with E-state index in [4.69, 9.17) is 23.9 Å². The van der Waals surface area contributed by atoms with E-state index >= 15 is 0 Å². The van der Waals surface area contributed by atoms with Gasteiger partial charge in [0.25, 0.3) is 5.82 Å². The van der Waals surface area contributed by atoms with E-state index in [0.29, 0.717) is 0 Å². The summed E-state index contributed by atoms with van der Waals surface area (Å²) in [5, 5.41) is 0.126. The molecule has 0 spiro atoms. The van der Waals surface area contributed by atoms with Gasteiger partial charge in [-0.2, -0.15) is 0 Å². The van der Waals surface area contributed by atoms with Crippen LogP contribution in [0.4, 0.5) is 11.5 Å². The molecule has 5 heteroatoms. The standard InChI is InChI=1S/C5H3ClN4/c1-8-5-3(7)4(6)9-2-10-5/h2H,7H2. The van der Waals surface area contributed by atoms with Gasteiger partial charge in [0.1, 0.15) is 5.15 Å². The van der Waals surface area contributed by atoms with Gasteiger partial charge in [-0.15, -0.1) is 4.98 Å². The van der Waals surface area contributed by atoms with Crippen LogP contribution >= 0.6 is 11.6 Å². The largest absolute Gasteiger partial charge is 0.403 e. The zero-order chi connectivity index (χ0) is 7.56. The molecule has 1 rings (SSSR count). The Morgan fingerprint density at radius 3 is 2.80 bits per heavy atom. The second kappa shape index (κ2) is 2.50. The number of nitrogen functional groups attached to an aromatic ring is 1. The maximum absolute atomic E-state index is 6.58. The van der Waals surface area contributed by atoms with Crippen molar-refractivity contribution in [2.75, 3.05) is 5.73 Å². The predicted octanol–water partition coefficient (Wildman–Crippen LogP) is 1.26. The lowest BCUT2D eigenvalue weighted by molar-refractivity contribution is 1.19. The van der Waals surface area contributed by atoms with E-state index in [1.165, 1.54) is 6.33 Å². The van der Waals surface area contributed by atoms with Gasteiger partial charge in [-0.3, -0.25) is 0 Å². The Labute approximate surface area is 62.5 Å². The molecule has 0 aliphatic carbocycles. The highest BCUT2D eigenvalue weighted by Crippen LogP contribution is 2.23. The maximum Gasteiger partial charge on any atom is 0.297 e. The van der Waals surface area contributed by atoms with Gasteiger partial charge in [0.05, 0.1) is 5.69 Å². The molecule has 1 aromatic heterocycles. The third-order valence-corrected chi connectivity index (χ3v) is 1.22. The molecule has 1 aromatic rings. The lowest BCUT2D eigenvalue weighted by Gasteiger charge is -1.94. The molecule has 0 saturated carbocycles. The fourth-order valence-electron chi connectivity index (χ4n) is 0.455. The van der Waals surface area contributed by atoms with Crippen molar-refractivity contribution in [3.63, 3.8) is 0 Å². The first-order valence-corrected chi connectivity index (χ1v) is 2.77. The summed E-state index contributed by atoms with van der Waals surface area (Å²) < 4.78 is 0. The van der Waals surface area contributed by atoms with E-state index in [-0.39, 0.29) is 16.7 Å². The summed E-state index contributed by atoms with van der Waals surface area (Å²) in [6.07, 6.45) is 1.20. The molecule has 0 atom stereocenters. The van der Waals surface area contributed by atoms with E-state index in [9.17, 15) is 0 Å². The van der Waals surface area contributed by atoms with Gasteiger partial charge in [0.15, 0.2) is 0 Å². The van der Waals surface area contributed by atoms with E-state index in [1.54, 1.807) is 0 Å². The quantitative estimate of drug-likeness (QED) is 0.452. The minimum absolute atomic E-state index is 0.0972. The van der Waals surface area contributed by atoms with Crippen LogP contribution in [0.2, 0.25) is 5.15 Å². The smallest absolute Gasteiger partial charge is 0.297 e. The van der Waals surface area contributed by atoms with Crippen molar-refractivity contribution < 1.29 is 0 Å². The molecular weight excluding hydrogens is 152 g/mol. The first kappa shape index (κ1) is 6.78. The molecule has 1 heterocycles. The number of aromatic nitrogens is 2. The Morgan fingerprint density at radius 2 is 2.30 bits per heavy atom. The number of rotatable bonds is 0. The molecule has 0 aliphatic heterocycles. The highest BCUT2D eigenvalue weighted by atomic mass is 35.5. The molecular formula is C5H3ClN4. The van der Waals surface area contributed by atoms with E-state index in [1.807, 2.05) is 0 Å². The van der Waals surface area contributed by atoms with Crippen LogP contribution in [-0.4, -0.2) is 9.97 Å². The first-order valence-electron chi connectivity index (χ1n) is 2.39. The number of halogens is 1. The Bertz CT molecular complexity index is 290. The minimum atomic E-state index is 0.0972. The minimum Gasteiger partial charge on any atom is -0.403 e. The second-order valence-corrected chi connectivity index (χ2v) is 1.87. The lowest BCUT2D eigenvalue weighted by Crippen LogP contribution is -1.90. The van der Waals surface area contributed by atoms with E-state index in [0.717, 1.165) is 0 Å². The van der Waals surface area contributed by atoms with Crippen molar-refractivity contribution in [3.8, 4) is 0 Å². The Hall–Kier alpha value is -1.34. The average Bonchev–Trinajstić information content (AvgIpc) is 1.95. The van der Waals surface area contributed by atoms with Gasteiger partial charge in [-0.1, -0.05) is 18.2 Å². The van der Waals surface area contributed by atoms with Gasteiger partial charge >= 0.3 is 0 Å². The van der Waals surface area contributed by atoms with Crippen LogP contribution < -0.4 is 5.73 Å². The molecule has 0 aromatic carbocycles. The zero-order valence-electron chi connectivity index (χ0n) is 4.87. The number of nitrogens with two attached hydrogens (primary N) is 1. The summed E-state index contributed by atoms with van der Waals surface area (Å²) in [7, 11) is 0. The Morgan fingerprint density at radius 1 is 1.60 bits per heavy atom. The van der Waals surface area contributed by atoms with Gasteiger partial charge in [-0.25, -0.2) is 4.98 Å². The van der Waals surface area contributed by atoms with Crippen molar-refractivity contribution in [2.45, 2.75) is 0 Å². The van der Waals surface area contributed by atoms with Crippen molar-refractivity contribution in [1.29, 1.82) is 0 Å². The molecule has 0 radical (unpaired) electrons. The van der Waals surface area contributed by atoms with E-state index in [2.05, 4.69) is 14.8 Å². The van der Waals surface area contributed by atoms with Gasteiger partial charge in [-0.05, 0) is 0 Å². The molecule has 0 unspecified atom stereocenters. The summed E-state index contributed by atoms with van der Waals surface area (Å²) in [5.74, 6) is 0.0972. The van der Waals surface area contributed by atoms with Crippen LogP contribution in [0.15, 0.2) is 6.33 Å². The molecule has 4 nitrogen and oxygen atoms in total. The highest BCUT2D eigenvalue weighted by Gasteiger charge is 2.03. The van der Waals surface area contributed by atoms with Crippen molar-refractivity contribution in [1.82, 2.24) is 9.97 Å². The molecule has 0 bridgehead atoms. The number of hydrogen-bond donors (Lipinski definition) is 1. The first-order chi connectivity index (χ1) is 4.75. The third kappa shape index (κ3) is 0.993. The SMILES string of the molecule is [C-]#[N+]c1ncnc(Cl)c1N. The number of hydrogen-bond acceptors (Lipinski definition) is 3. The monoisotopic (exact) mass is 154 g/mol. The second-order valence-electron chi connectivity index (χ2n) is 1.51. The average molecular weight is 155 g/mol. The fourth-order valence-corrected chi connectivity index (χ4v) is 0.583. The Balaban J connectivity index is 3.31. The summed E-state index contributed by atoms with van der Waals surface area (Å²) in [6, 6.07) is 0. The van der Waals surface area contributed by atoms with Gasteiger partial charge in [0, 0.05) is 0 Å². The third-order valence-electron chi connectivity index (χ3n) is 0.920. The number of nitrogens with zero attached hydrogens (tertiary/aromatic N) is 3. The summed E-state index contributed by atoms with van der Waals surface area (Å²) >= 11 is 5.47. The van der Waals surface area contributed by atoms with Crippen LogP contribution in [0.5, 0.6) is 0 Å². The topological polar surface area (TPSA) is 56.2 Å². The predicted molar refractivity (Wildman–Crippen MR) is 37.7 cm³/mol. The fraction of sp³-hybridized carbons (Fsp3) is 0. The highest BCUT2D eigenvalue weighted by molar-refractivity contribution is 6.32. The van der Waals surface area contributed by atoms with Crippen LogP contribution in [0.1, 0.15) is 0 Å². The summed E-state index contributed by atoms with van der Waals surface area (Å²) in [4.78, 5) is 10.2.